The first-order valence-corrected chi connectivity index (χ1v) is 9.18. The van der Waals surface area contributed by atoms with Gasteiger partial charge in [0.1, 0.15) is 0 Å². The Morgan fingerprint density at radius 1 is 1.46 bits per heavy atom. The van der Waals surface area contributed by atoms with Crippen molar-refractivity contribution in [2.24, 2.45) is 7.05 Å². The second-order valence-electron chi connectivity index (χ2n) is 7.38. The number of nitrogens with zero attached hydrogens (tertiary/aromatic N) is 4. The lowest BCUT2D eigenvalue weighted by Gasteiger charge is -2.38. The molecule has 0 unspecified atom stereocenters. The number of carbonyl (C=O) groups excluding carboxylic acids is 1. The van der Waals surface area contributed by atoms with Gasteiger partial charge in [0.25, 0.3) is 5.91 Å². The summed E-state index contributed by atoms with van der Waals surface area (Å²) in [6.45, 7) is 3.43. The molecule has 0 saturated carbocycles. The molecule has 0 bridgehead atoms. The average molecular weight is 355 g/mol. The number of amides is 1. The molecule has 0 radical (unpaired) electrons. The van der Waals surface area contributed by atoms with Crippen molar-refractivity contribution in [1.82, 2.24) is 25.0 Å². The SMILES string of the molecule is Cn1cc(C(=O)N[C@@H]2CCO[C@]3(CCN(Cc4ccccn4)C3)C2)cn1. The minimum absolute atomic E-state index is 0.0523. The molecule has 2 aromatic rings. The number of hydrogen-bond acceptors (Lipinski definition) is 5. The maximum atomic E-state index is 12.4. The maximum absolute atomic E-state index is 12.4. The van der Waals surface area contributed by atoms with Crippen molar-refractivity contribution in [3.63, 3.8) is 0 Å². The Hall–Kier alpha value is -2.25. The van der Waals surface area contributed by atoms with Gasteiger partial charge < -0.3 is 10.1 Å². The van der Waals surface area contributed by atoms with Crippen molar-refractivity contribution in [1.29, 1.82) is 0 Å². The van der Waals surface area contributed by atoms with Gasteiger partial charge in [0.05, 0.1) is 23.1 Å². The predicted octanol–water partition coefficient (Wildman–Crippen LogP) is 1.37. The summed E-state index contributed by atoms with van der Waals surface area (Å²) in [4.78, 5) is 19.2. The smallest absolute Gasteiger partial charge is 0.254 e. The van der Waals surface area contributed by atoms with Crippen molar-refractivity contribution < 1.29 is 9.53 Å². The number of aryl methyl sites for hydroxylation is 1. The zero-order chi connectivity index (χ0) is 18.0. The van der Waals surface area contributed by atoms with E-state index >= 15 is 0 Å². The number of rotatable bonds is 4. The highest BCUT2D eigenvalue weighted by Gasteiger charge is 2.43. The van der Waals surface area contributed by atoms with Crippen LogP contribution in [0.1, 0.15) is 35.3 Å². The van der Waals surface area contributed by atoms with E-state index in [-0.39, 0.29) is 17.6 Å². The van der Waals surface area contributed by atoms with Crippen LogP contribution in [-0.2, 0) is 18.3 Å². The van der Waals surface area contributed by atoms with Crippen molar-refractivity contribution in [3.8, 4) is 0 Å². The van der Waals surface area contributed by atoms with Crippen molar-refractivity contribution in [2.45, 2.75) is 37.5 Å². The standard InChI is InChI=1S/C19H25N5O2/c1-23-12-15(11-21-23)18(25)22-16-5-9-26-19(10-16)6-8-24(14-19)13-17-4-2-3-7-20-17/h2-4,7,11-12,16H,5-6,8-10,13-14H2,1H3,(H,22,25)/t16-,19-/m1/s1. The summed E-state index contributed by atoms with van der Waals surface area (Å²) in [5.41, 5.74) is 1.54. The van der Waals surface area contributed by atoms with E-state index in [2.05, 4.69) is 26.4 Å². The molecule has 7 heteroatoms. The minimum Gasteiger partial charge on any atom is -0.373 e. The van der Waals surface area contributed by atoms with Crippen molar-refractivity contribution in [3.05, 3.63) is 48.0 Å². The van der Waals surface area contributed by atoms with Gasteiger partial charge in [-0.25, -0.2) is 0 Å². The highest BCUT2D eigenvalue weighted by atomic mass is 16.5. The molecule has 26 heavy (non-hydrogen) atoms. The molecule has 1 amide bonds. The van der Waals surface area contributed by atoms with Gasteiger partial charge in [-0.3, -0.25) is 19.4 Å². The molecule has 4 rings (SSSR count). The lowest BCUT2D eigenvalue weighted by Crippen LogP contribution is -2.49. The Labute approximate surface area is 153 Å². The summed E-state index contributed by atoms with van der Waals surface area (Å²) in [5, 5.41) is 7.23. The van der Waals surface area contributed by atoms with Crippen LogP contribution >= 0.6 is 0 Å². The van der Waals surface area contributed by atoms with Gasteiger partial charge in [-0.1, -0.05) is 6.07 Å². The first-order chi connectivity index (χ1) is 12.6. The Balaban J connectivity index is 1.35. The normalized spacial score (nSPS) is 26.3. The number of nitrogens with one attached hydrogen (secondary N) is 1. The predicted molar refractivity (Wildman–Crippen MR) is 96.5 cm³/mol. The molecule has 138 valence electrons. The molecule has 2 atom stereocenters. The van der Waals surface area contributed by atoms with Crippen molar-refractivity contribution >= 4 is 5.91 Å². The van der Waals surface area contributed by atoms with E-state index in [1.165, 1.54) is 0 Å². The molecule has 2 saturated heterocycles. The number of carbonyl (C=O) groups is 1. The van der Waals surface area contributed by atoms with Gasteiger partial charge >= 0.3 is 0 Å². The van der Waals surface area contributed by atoms with Gasteiger partial charge in [-0.15, -0.1) is 0 Å². The van der Waals surface area contributed by atoms with Crippen LogP contribution in [0.2, 0.25) is 0 Å². The molecule has 2 fully saturated rings. The lowest BCUT2D eigenvalue weighted by atomic mass is 9.89. The van der Waals surface area contributed by atoms with Crippen LogP contribution in [0.3, 0.4) is 0 Å². The molecule has 2 aliphatic heterocycles. The van der Waals surface area contributed by atoms with E-state index in [4.69, 9.17) is 4.74 Å². The highest BCUT2D eigenvalue weighted by molar-refractivity contribution is 5.93. The summed E-state index contributed by atoms with van der Waals surface area (Å²) < 4.78 is 7.83. The van der Waals surface area contributed by atoms with Crippen LogP contribution in [0.4, 0.5) is 0 Å². The third-order valence-electron chi connectivity index (χ3n) is 5.30. The molecule has 7 nitrogen and oxygen atoms in total. The fourth-order valence-electron chi connectivity index (χ4n) is 4.03. The Morgan fingerprint density at radius 2 is 2.38 bits per heavy atom. The molecule has 2 aliphatic rings. The van der Waals surface area contributed by atoms with Crippen LogP contribution in [0, 0.1) is 0 Å². The average Bonchev–Trinajstić information content (AvgIpc) is 3.23. The van der Waals surface area contributed by atoms with Crippen molar-refractivity contribution in [2.75, 3.05) is 19.7 Å². The van der Waals surface area contributed by atoms with Gasteiger partial charge in [0, 0.05) is 51.7 Å². The Morgan fingerprint density at radius 3 is 3.15 bits per heavy atom. The van der Waals surface area contributed by atoms with E-state index in [0.29, 0.717) is 12.2 Å². The Bertz CT molecular complexity index is 762. The van der Waals surface area contributed by atoms with E-state index in [0.717, 1.165) is 44.6 Å². The fraction of sp³-hybridized carbons (Fsp3) is 0.526. The summed E-state index contributed by atoms with van der Waals surface area (Å²) in [6, 6.07) is 6.17. The van der Waals surface area contributed by atoms with Crippen LogP contribution in [0.5, 0.6) is 0 Å². The van der Waals surface area contributed by atoms with Gasteiger partial charge in [-0.2, -0.15) is 5.10 Å². The van der Waals surface area contributed by atoms with Crippen LogP contribution in [0.15, 0.2) is 36.8 Å². The molecule has 0 aliphatic carbocycles. The number of aromatic nitrogens is 3. The number of hydrogen-bond donors (Lipinski definition) is 1. The molecule has 2 aromatic heterocycles. The summed E-state index contributed by atoms with van der Waals surface area (Å²) in [5.74, 6) is -0.0523. The first kappa shape index (κ1) is 17.2. The summed E-state index contributed by atoms with van der Waals surface area (Å²) in [6.07, 6.45) is 7.90. The molecule has 0 aromatic carbocycles. The van der Waals surface area contributed by atoms with Crippen LogP contribution in [-0.4, -0.2) is 56.9 Å². The molecule has 1 spiro atoms. The third kappa shape index (κ3) is 3.78. The fourth-order valence-corrected chi connectivity index (χ4v) is 4.03. The Kier molecular flexibility index (Phi) is 4.74. The monoisotopic (exact) mass is 355 g/mol. The van der Waals surface area contributed by atoms with E-state index in [1.54, 1.807) is 17.1 Å². The second kappa shape index (κ2) is 7.17. The minimum atomic E-state index is -0.153. The van der Waals surface area contributed by atoms with Gasteiger partial charge in [-0.05, 0) is 31.4 Å². The van der Waals surface area contributed by atoms with E-state index in [9.17, 15) is 4.79 Å². The third-order valence-corrected chi connectivity index (χ3v) is 5.30. The van der Waals surface area contributed by atoms with Gasteiger partial charge in [0.2, 0.25) is 0 Å². The first-order valence-electron chi connectivity index (χ1n) is 9.18. The van der Waals surface area contributed by atoms with Crippen LogP contribution < -0.4 is 5.32 Å². The number of likely N-dealkylation sites (tertiary alicyclic amines) is 1. The molecule has 4 heterocycles. The molecular weight excluding hydrogens is 330 g/mol. The zero-order valence-electron chi connectivity index (χ0n) is 15.1. The maximum Gasteiger partial charge on any atom is 0.254 e. The topological polar surface area (TPSA) is 72.3 Å². The summed E-state index contributed by atoms with van der Waals surface area (Å²) >= 11 is 0. The number of pyridine rings is 1. The number of ether oxygens (including phenoxy) is 1. The molecular formula is C19H25N5O2. The highest BCUT2D eigenvalue weighted by Crippen LogP contribution is 2.34. The lowest BCUT2D eigenvalue weighted by molar-refractivity contribution is -0.0793. The summed E-state index contributed by atoms with van der Waals surface area (Å²) in [7, 11) is 1.81. The second-order valence-corrected chi connectivity index (χ2v) is 7.38. The molecule has 1 N–H and O–H groups in total. The van der Waals surface area contributed by atoms with E-state index < -0.39 is 0 Å². The largest absolute Gasteiger partial charge is 0.373 e. The zero-order valence-corrected chi connectivity index (χ0v) is 15.1. The van der Waals surface area contributed by atoms with E-state index in [1.807, 2.05) is 25.4 Å². The quantitative estimate of drug-likeness (QED) is 0.897. The van der Waals surface area contributed by atoms with Gasteiger partial charge in [0.15, 0.2) is 0 Å². The van der Waals surface area contributed by atoms with Crippen LogP contribution in [0.25, 0.3) is 0 Å².